The highest BCUT2D eigenvalue weighted by Gasteiger charge is 2.39. The molecule has 1 aliphatic carbocycles. The Morgan fingerprint density at radius 3 is 2.83 bits per heavy atom. The molecular weight excluding hydrogens is 294 g/mol. The zero-order chi connectivity index (χ0) is 16.4. The van der Waals surface area contributed by atoms with E-state index >= 15 is 0 Å². The van der Waals surface area contributed by atoms with Crippen molar-refractivity contribution in [3.63, 3.8) is 0 Å². The molecule has 1 aromatic carbocycles. The molecule has 2 aliphatic rings. The summed E-state index contributed by atoms with van der Waals surface area (Å²) in [6, 6.07) is 6.93. The summed E-state index contributed by atoms with van der Waals surface area (Å²) in [5.41, 5.74) is 0.643. The molecule has 23 heavy (non-hydrogen) atoms. The summed E-state index contributed by atoms with van der Waals surface area (Å²) in [4.78, 5) is 25.0. The minimum absolute atomic E-state index is 0.0394. The average Bonchev–Trinajstić information content (AvgIpc) is 2.98. The standard InChI is InChI=1S/C17H23N3O3/c1-19(11-13-7-3-5-9-16(13)20(22)23)17(21)15-10-12-6-2-4-8-14(12)18-15/h3,5,7,9,12,14-15,18H,2,4,6,8,10-11H2,1H3. The van der Waals surface area contributed by atoms with Crippen LogP contribution in [0, 0.1) is 16.0 Å². The normalized spacial score (nSPS) is 26.6. The first-order valence-electron chi connectivity index (χ1n) is 8.29. The smallest absolute Gasteiger partial charge is 0.274 e. The molecule has 3 atom stereocenters. The van der Waals surface area contributed by atoms with E-state index < -0.39 is 4.92 Å². The summed E-state index contributed by atoms with van der Waals surface area (Å²) >= 11 is 0. The number of benzene rings is 1. The van der Waals surface area contributed by atoms with Gasteiger partial charge in [-0.15, -0.1) is 0 Å². The molecule has 1 aromatic rings. The lowest BCUT2D eigenvalue weighted by molar-refractivity contribution is -0.385. The van der Waals surface area contributed by atoms with Crippen LogP contribution in [0.25, 0.3) is 0 Å². The zero-order valence-corrected chi connectivity index (χ0v) is 13.4. The molecule has 3 rings (SSSR count). The maximum Gasteiger partial charge on any atom is 0.274 e. The van der Waals surface area contributed by atoms with Gasteiger partial charge in [0, 0.05) is 24.7 Å². The van der Waals surface area contributed by atoms with Crippen molar-refractivity contribution in [3.8, 4) is 0 Å². The third kappa shape index (κ3) is 3.37. The number of nitro groups is 1. The zero-order valence-electron chi connectivity index (χ0n) is 13.4. The van der Waals surface area contributed by atoms with Crippen LogP contribution in [-0.4, -0.2) is 34.9 Å². The van der Waals surface area contributed by atoms with Crippen molar-refractivity contribution in [3.05, 3.63) is 39.9 Å². The van der Waals surface area contributed by atoms with Crippen molar-refractivity contribution in [1.82, 2.24) is 10.2 Å². The second-order valence-corrected chi connectivity index (χ2v) is 6.69. The third-order valence-corrected chi connectivity index (χ3v) is 5.13. The molecule has 6 nitrogen and oxygen atoms in total. The molecule has 0 radical (unpaired) electrons. The number of hydrogen-bond acceptors (Lipinski definition) is 4. The van der Waals surface area contributed by atoms with Crippen molar-refractivity contribution >= 4 is 11.6 Å². The second kappa shape index (κ2) is 6.66. The van der Waals surface area contributed by atoms with Crippen molar-refractivity contribution in [1.29, 1.82) is 0 Å². The summed E-state index contributed by atoms with van der Waals surface area (Å²) in [5, 5.41) is 14.6. The van der Waals surface area contributed by atoms with Crippen LogP contribution in [0.1, 0.15) is 37.7 Å². The van der Waals surface area contributed by atoms with E-state index in [0.29, 0.717) is 17.5 Å². The monoisotopic (exact) mass is 317 g/mol. The molecule has 6 heteroatoms. The average molecular weight is 317 g/mol. The van der Waals surface area contributed by atoms with Gasteiger partial charge < -0.3 is 10.2 Å². The van der Waals surface area contributed by atoms with Crippen LogP contribution in [0.2, 0.25) is 0 Å². The lowest BCUT2D eigenvalue weighted by Crippen LogP contribution is -2.43. The van der Waals surface area contributed by atoms with Gasteiger partial charge in [-0.1, -0.05) is 31.0 Å². The SMILES string of the molecule is CN(Cc1ccccc1[N+](=O)[O-])C(=O)C1CC2CCCCC2N1. The Bertz CT molecular complexity index is 591. The van der Waals surface area contributed by atoms with E-state index in [1.807, 2.05) is 0 Å². The van der Waals surface area contributed by atoms with Crippen LogP contribution in [0.3, 0.4) is 0 Å². The Morgan fingerprint density at radius 1 is 1.35 bits per heavy atom. The van der Waals surface area contributed by atoms with Gasteiger partial charge in [0.15, 0.2) is 0 Å². The van der Waals surface area contributed by atoms with Crippen LogP contribution < -0.4 is 5.32 Å². The molecule has 1 amide bonds. The van der Waals surface area contributed by atoms with Crippen LogP contribution in [0.4, 0.5) is 5.69 Å². The molecule has 1 heterocycles. The van der Waals surface area contributed by atoms with E-state index in [0.717, 1.165) is 12.8 Å². The van der Waals surface area contributed by atoms with Gasteiger partial charge in [0.1, 0.15) is 0 Å². The molecule has 2 fully saturated rings. The molecular formula is C17H23N3O3. The molecule has 124 valence electrons. The van der Waals surface area contributed by atoms with Gasteiger partial charge >= 0.3 is 0 Å². The van der Waals surface area contributed by atoms with Crippen molar-refractivity contribution < 1.29 is 9.72 Å². The Morgan fingerprint density at radius 2 is 2.09 bits per heavy atom. The van der Waals surface area contributed by atoms with E-state index in [2.05, 4.69) is 5.32 Å². The number of hydrogen-bond donors (Lipinski definition) is 1. The molecule has 1 N–H and O–H groups in total. The van der Waals surface area contributed by atoms with E-state index in [-0.39, 0.29) is 24.2 Å². The summed E-state index contributed by atoms with van der Waals surface area (Å²) in [6.45, 7) is 0.267. The van der Waals surface area contributed by atoms with E-state index in [1.54, 1.807) is 30.1 Å². The number of likely N-dealkylation sites (N-methyl/N-ethyl adjacent to an activating group) is 1. The minimum atomic E-state index is -0.393. The summed E-state index contributed by atoms with van der Waals surface area (Å²) in [6.07, 6.45) is 5.75. The van der Waals surface area contributed by atoms with Crippen molar-refractivity contribution in [2.75, 3.05) is 7.05 Å². The highest BCUT2D eigenvalue weighted by molar-refractivity contribution is 5.82. The van der Waals surface area contributed by atoms with Crippen molar-refractivity contribution in [2.45, 2.75) is 50.7 Å². The lowest BCUT2D eigenvalue weighted by Gasteiger charge is -2.24. The van der Waals surface area contributed by atoms with Gasteiger partial charge in [0.05, 0.1) is 17.5 Å². The van der Waals surface area contributed by atoms with Crippen molar-refractivity contribution in [2.24, 2.45) is 5.92 Å². The highest BCUT2D eigenvalue weighted by atomic mass is 16.6. The number of para-hydroxylation sites is 1. The van der Waals surface area contributed by atoms with Crippen LogP contribution in [-0.2, 0) is 11.3 Å². The first kappa shape index (κ1) is 15.9. The lowest BCUT2D eigenvalue weighted by atomic mass is 9.85. The molecule has 0 aromatic heterocycles. The maximum atomic E-state index is 12.7. The minimum Gasteiger partial charge on any atom is -0.340 e. The second-order valence-electron chi connectivity index (χ2n) is 6.69. The molecule has 0 spiro atoms. The van der Waals surface area contributed by atoms with Gasteiger partial charge in [0.25, 0.3) is 5.69 Å². The number of carbonyl (C=O) groups is 1. The maximum absolute atomic E-state index is 12.7. The first-order chi connectivity index (χ1) is 11.1. The summed E-state index contributed by atoms with van der Waals surface area (Å²) in [5.74, 6) is 0.648. The fourth-order valence-electron chi connectivity index (χ4n) is 3.93. The number of amides is 1. The topological polar surface area (TPSA) is 75.5 Å². The Kier molecular flexibility index (Phi) is 4.61. The predicted molar refractivity (Wildman–Crippen MR) is 86.9 cm³/mol. The highest BCUT2D eigenvalue weighted by Crippen LogP contribution is 2.33. The Balaban J connectivity index is 1.65. The Labute approximate surface area is 136 Å². The van der Waals surface area contributed by atoms with Crippen LogP contribution >= 0.6 is 0 Å². The van der Waals surface area contributed by atoms with Crippen LogP contribution in [0.5, 0.6) is 0 Å². The first-order valence-corrected chi connectivity index (χ1v) is 8.29. The molecule has 1 saturated carbocycles. The molecule has 3 unspecified atom stereocenters. The van der Waals surface area contributed by atoms with Gasteiger partial charge in [-0.3, -0.25) is 14.9 Å². The number of rotatable bonds is 4. The van der Waals surface area contributed by atoms with E-state index in [9.17, 15) is 14.9 Å². The van der Waals surface area contributed by atoms with Gasteiger partial charge in [-0.2, -0.15) is 0 Å². The third-order valence-electron chi connectivity index (χ3n) is 5.13. The molecule has 1 aliphatic heterocycles. The fraction of sp³-hybridized carbons (Fsp3) is 0.588. The van der Waals surface area contributed by atoms with Gasteiger partial charge in [-0.25, -0.2) is 0 Å². The van der Waals surface area contributed by atoms with E-state index in [1.165, 1.54) is 25.3 Å². The summed E-state index contributed by atoms with van der Waals surface area (Å²) in [7, 11) is 1.72. The predicted octanol–water partition coefficient (Wildman–Crippen LogP) is 2.47. The summed E-state index contributed by atoms with van der Waals surface area (Å²) < 4.78 is 0. The largest absolute Gasteiger partial charge is 0.340 e. The fourth-order valence-corrected chi connectivity index (χ4v) is 3.93. The molecule has 1 saturated heterocycles. The quantitative estimate of drug-likeness (QED) is 0.684. The Hall–Kier alpha value is -1.95. The number of nitrogens with one attached hydrogen (secondary N) is 1. The van der Waals surface area contributed by atoms with Gasteiger partial charge in [-0.05, 0) is 25.2 Å². The number of carbonyl (C=O) groups excluding carboxylic acids is 1. The number of fused-ring (bicyclic) bond motifs is 1. The number of nitro benzene ring substituents is 1. The number of nitrogens with zero attached hydrogens (tertiary/aromatic N) is 2. The van der Waals surface area contributed by atoms with Crippen LogP contribution in [0.15, 0.2) is 24.3 Å². The molecule has 0 bridgehead atoms. The van der Waals surface area contributed by atoms with E-state index in [4.69, 9.17) is 0 Å². The van der Waals surface area contributed by atoms with Gasteiger partial charge in [0.2, 0.25) is 5.91 Å².